The Morgan fingerprint density at radius 2 is 1.01 bits per heavy atom. The van der Waals surface area contributed by atoms with Gasteiger partial charge in [0, 0.05) is 13.8 Å². The lowest BCUT2D eigenvalue weighted by atomic mass is 9.82. The molecule has 0 aliphatic carbocycles. The van der Waals surface area contributed by atoms with Crippen molar-refractivity contribution in [3.8, 4) is 0 Å². The molecule has 0 spiro atoms. The summed E-state index contributed by atoms with van der Waals surface area (Å²) >= 11 is 0. The fraction of sp³-hybridized carbons (Fsp3) is 0.892. The van der Waals surface area contributed by atoms with Crippen LogP contribution in [0.15, 0.2) is 0 Å². The lowest BCUT2D eigenvalue weighted by Gasteiger charge is -2.53. The lowest BCUT2D eigenvalue weighted by molar-refractivity contribution is -0.348. The molecule has 4 saturated heterocycles. The Bertz CT molecular complexity index is 2050. The minimum atomic E-state index is -5.32. The molecular weight excluding hydrogens is 1000 g/mol. The van der Waals surface area contributed by atoms with Crippen LogP contribution in [-0.4, -0.2) is 248 Å². The van der Waals surface area contributed by atoms with Crippen LogP contribution in [-0.2, 0) is 81.5 Å². The van der Waals surface area contributed by atoms with Gasteiger partial charge in [-0.15, -0.1) is 0 Å². The molecule has 22 atom stereocenters. The molecule has 4 aliphatic rings. The van der Waals surface area contributed by atoms with Crippen LogP contribution in [0.3, 0.4) is 0 Å². The second kappa shape index (κ2) is 23.5. The molecular formula is C37H62N2O29S2. The average molecular weight is 1060 g/mol. The summed E-state index contributed by atoms with van der Waals surface area (Å²) in [4.78, 5) is 50.1. The largest absolute Gasteiger partial charge is 0.479 e. The summed E-state index contributed by atoms with van der Waals surface area (Å²) in [5.74, 6) is -5.45. The molecule has 2 amide bonds. The first-order chi connectivity index (χ1) is 32.2. The van der Waals surface area contributed by atoms with Crippen LogP contribution >= 0.6 is 0 Å². The highest BCUT2D eigenvalue weighted by molar-refractivity contribution is 7.81. The molecule has 14 N–H and O–H groups in total. The third kappa shape index (κ3) is 14.0. The minimum Gasteiger partial charge on any atom is -0.479 e. The summed E-state index contributed by atoms with van der Waals surface area (Å²) in [6, 6.07) is -3.60. The lowest BCUT2D eigenvalue weighted by Crippen LogP contribution is -2.72. The topological polar surface area (TPSA) is 486 Å². The van der Waals surface area contributed by atoms with E-state index in [2.05, 4.69) is 19.0 Å². The number of aliphatic hydroxyl groups is 8. The summed E-state index contributed by atoms with van der Waals surface area (Å²) < 4.78 is 114. The second-order valence-electron chi connectivity index (χ2n) is 17.5. The molecule has 0 aromatic carbocycles. The molecule has 11 unspecified atom stereocenters. The molecule has 0 bridgehead atoms. The van der Waals surface area contributed by atoms with Crippen LogP contribution in [0.25, 0.3) is 0 Å². The Hall–Kier alpha value is -2.98. The highest BCUT2D eigenvalue weighted by atomic mass is 32.3. The fourth-order valence-electron chi connectivity index (χ4n) is 8.81. The Morgan fingerprint density at radius 3 is 1.49 bits per heavy atom. The molecule has 0 saturated carbocycles. The van der Waals surface area contributed by atoms with Gasteiger partial charge in [-0.2, -0.15) is 16.8 Å². The quantitative estimate of drug-likeness (QED) is 0.0475. The molecule has 31 nitrogen and oxygen atoms in total. The van der Waals surface area contributed by atoms with Gasteiger partial charge in [0.15, 0.2) is 24.8 Å². The monoisotopic (exact) mass is 1060 g/mol. The van der Waals surface area contributed by atoms with Crippen LogP contribution in [0.5, 0.6) is 0 Å². The van der Waals surface area contributed by atoms with Gasteiger partial charge >= 0.3 is 32.7 Å². The molecule has 4 aliphatic heterocycles. The number of carbonyl (C=O) groups excluding carboxylic acids is 2. The molecule has 0 aromatic heterocycles. The number of rotatable bonds is 21. The van der Waals surface area contributed by atoms with Crippen molar-refractivity contribution < 1.29 is 138 Å². The molecule has 4 heterocycles. The number of amides is 2. The van der Waals surface area contributed by atoms with Crippen molar-refractivity contribution in [1.29, 1.82) is 0 Å². The van der Waals surface area contributed by atoms with E-state index in [1.807, 2.05) is 0 Å². The smallest absolute Gasteiger partial charge is 0.397 e. The van der Waals surface area contributed by atoms with Gasteiger partial charge in [-0.1, -0.05) is 20.3 Å². The first-order valence-electron chi connectivity index (χ1n) is 21.5. The van der Waals surface area contributed by atoms with Gasteiger partial charge in [0.1, 0.15) is 97.5 Å². The van der Waals surface area contributed by atoms with Gasteiger partial charge < -0.3 is 94.9 Å². The van der Waals surface area contributed by atoms with Crippen molar-refractivity contribution in [2.45, 2.75) is 194 Å². The van der Waals surface area contributed by atoms with E-state index in [1.165, 1.54) is 20.8 Å². The highest BCUT2D eigenvalue weighted by Crippen LogP contribution is 2.41. The summed E-state index contributed by atoms with van der Waals surface area (Å²) in [5, 5.41) is 115. The van der Waals surface area contributed by atoms with Gasteiger partial charge in [-0.3, -0.25) is 18.7 Å². The van der Waals surface area contributed by atoms with E-state index in [1.54, 1.807) is 6.92 Å². The summed E-state index contributed by atoms with van der Waals surface area (Å²) in [6.45, 7) is 4.94. The van der Waals surface area contributed by atoms with E-state index in [0.29, 0.717) is 0 Å². The zero-order valence-corrected chi connectivity index (χ0v) is 39.8. The minimum absolute atomic E-state index is 0.120. The van der Waals surface area contributed by atoms with Gasteiger partial charge in [0.05, 0.1) is 24.4 Å². The van der Waals surface area contributed by atoms with Crippen LogP contribution < -0.4 is 10.6 Å². The molecule has 4 rings (SSSR count). The number of nitrogens with one attached hydrogen (secondary N) is 2. The standard InChI is InChI=1S/C37H62N2O29S2/c1-7-9-37(6,31-23(47)20(44)21(45)28(64-31)32(49)50)68-26-17(39-13(4)41)35(63-15(19(26)43)11-61-70(57,58)59)66-27-22(46)24(48)30(65-29(27)33(51)52)36(5,8-2)67-25-16(38-12(3)40)34(53)62-14(18(25)42)10-60-69(54,55)56/h14-31,34-35,42-48,53H,7-11H2,1-6H3,(H,38,40)(H,39,41)(H,49,50)(H,51,52)(H,54,55,56)(H,57,58,59)/t14?,15?,16-,17-,18-,19-,20-,21-,22+,23?,24?,25?,26?,27-,28?,29?,30+,31+,34?,35-,36?,37?/m0/s1. The number of carbonyl (C=O) groups is 4. The van der Waals surface area contributed by atoms with E-state index in [4.69, 9.17) is 37.7 Å². The van der Waals surface area contributed by atoms with Crippen molar-refractivity contribution in [3.63, 3.8) is 0 Å². The van der Waals surface area contributed by atoms with Crippen molar-refractivity contribution in [1.82, 2.24) is 10.6 Å². The van der Waals surface area contributed by atoms with Crippen molar-refractivity contribution in [2.75, 3.05) is 13.2 Å². The molecule has 0 aromatic rings. The maximum atomic E-state index is 13.0. The third-order valence-corrected chi connectivity index (χ3v) is 13.2. The molecule has 406 valence electrons. The first-order valence-corrected chi connectivity index (χ1v) is 24.2. The first kappa shape index (κ1) is 59.6. The van der Waals surface area contributed by atoms with E-state index >= 15 is 0 Å². The van der Waals surface area contributed by atoms with Crippen molar-refractivity contribution in [2.24, 2.45) is 0 Å². The second-order valence-corrected chi connectivity index (χ2v) is 19.7. The van der Waals surface area contributed by atoms with E-state index in [0.717, 1.165) is 13.8 Å². The summed E-state index contributed by atoms with van der Waals surface area (Å²) in [7, 11) is -10.5. The van der Waals surface area contributed by atoms with E-state index in [9.17, 15) is 91.6 Å². The summed E-state index contributed by atoms with van der Waals surface area (Å²) in [6.07, 6.45) is -38.4. The highest BCUT2D eigenvalue weighted by Gasteiger charge is 2.61. The maximum absolute atomic E-state index is 13.0. The normalized spacial score (nSPS) is 40.3. The van der Waals surface area contributed by atoms with Crippen LogP contribution in [0.1, 0.15) is 60.8 Å². The number of carboxylic acids is 2. The number of carboxylic acid groups (broad SMARTS) is 2. The number of aliphatic carboxylic acids is 2. The van der Waals surface area contributed by atoms with E-state index < -0.39 is 191 Å². The molecule has 0 radical (unpaired) electrons. The zero-order chi connectivity index (χ0) is 53.2. The van der Waals surface area contributed by atoms with Gasteiger partial charge in [-0.05, 0) is 26.7 Å². The SMILES string of the molecule is CCCC(C)(OC1[C@@H](O)C(COS(=O)(=O)O)O[C@@H](O[C@@H]2C(C(=O)O)O[C@@H](C(C)(CC)OC3[C@@H](O)C(COS(=O)(=O)O)OC(O)[C@H]3NC(C)=O)C(O)[C@H]2O)[C@H]1NC(C)=O)[C@@H]1OC(C(=O)O)[C@@H](O)[C@H](O)C1O. The summed E-state index contributed by atoms with van der Waals surface area (Å²) in [5.41, 5.74) is -4.13. The van der Waals surface area contributed by atoms with Gasteiger partial charge in [0.25, 0.3) is 0 Å². The van der Waals surface area contributed by atoms with Crippen LogP contribution in [0, 0.1) is 0 Å². The number of hydrogen-bond acceptors (Lipinski definition) is 25. The number of ether oxygens (including phenoxy) is 7. The fourth-order valence-corrected chi connectivity index (χ4v) is 9.42. The Balaban J connectivity index is 1.76. The molecule has 33 heteroatoms. The number of hydrogen-bond donors (Lipinski definition) is 14. The van der Waals surface area contributed by atoms with Gasteiger partial charge in [0.2, 0.25) is 11.8 Å². The average Bonchev–Trinajstić information content (AvgIpc) is 3.24. The zero-order valence-electron chi connectivity index (χ0n) is 38.2. The third-order valence-electron chi connectivity index (χ3n) is 12.3. The van der Waals surface area contributed by atoms with Crippen molar-refractivity contribution >= 4 is 44.6 Å². The predicted molar refractivity (Wildman–Crippen MR) is 221 cm³/mol. The van der Waals surface area contributed by atoms with Crippen LogP contribution in [0.4, 0.5) is 0 Å². The Labute approximate surface area is 399 Å². The van der Waals surface area contributed by atoms with Crippen molar-refractivity contribution in [3.05, 3.63) is 0 Å². The Kier molecular flexibility index (Phi) is 20.0. The predicted octanol–water partition coefficient (Wildman–Crippen LogP) is -6.81. The Morgan fingerprint density at radius 1 is 0.571 bits per heavy atom. The van der Waals surface area contributed by atoms with Gasteiger partial charge in [-0.25, -0.2) is 18.0 Å². The molecule has 70 heavy (non-hydrogen) atoms. The maximum Gasteiger partial charge on any atom is 0.397 e. The number of aliphatic hydroxyl groups excluding tert-OH is 8. The molecule has 4 fully saturated rings. The van der Waals surface area contributed by atoms with Crippen LogP contribution in [0.2, 0.25) is 0 Å². The van der Waals surface area contributed by atoms with E-state index in [-0.39, 0.29) is 19.3 Å².